The maximum absolute atomic E-state index is 4.32. The summed E-state index contributed by atoms with van der Waals surface area (Å²) in [5.41, 5.74) is 0.533. The summed E-state index contributed by atoms with van der Waals surface area (Å²) in [6.45, 7) is 9.65. The maximum atomic E-state index is 4.32. The number of rotatable bonds is 7. The van der Waals surface area contributed by atoms with Crippen molar-refractivity contribution in [1.29, 1.82) is 0 Å². The molecule has 0 atom stereocenters. The first kappa shape index (κ1) is 14.5. The van der Waals surface area contributed by atoms with Crippen LogP contribution in [0.1, 0.15) is 58.7 Å². The molecule has 0 radical (unpaired) electrons. The average molecular weight is 264 g/mol. The highest BCUT2D eigenvalue weighted by atomic mass is 15.3. The van der Waals surface area contributed by atoms with Crippen molar-refractivity contribution in [2.45, 2.75) is 66.0 Å². The average Bonchev–Trinajstić information content (AvgIpc) is 2.98. The summed E-state index contributed by atoms with van der Waals surface area (Å²) in [6, 6.07) is 0. The summed E-state index contributed by atoms with van der Waals surface area (Å²) >= 11 is 0. The molecule has 1 heterocycles. The van der Waals surface area contributed by atoms with E-state index in [0.29, 0.717) is 5.41 Å². The van der Waals surface area contributed by atoms with Crippen LogP contribution in [-0.4, -0.2) is 21.3 Å². The van der Waals surface area contributed by atoms with E-state index in [1.165, 1.54) is 32.1 Å². The third kappa shape index (κ3) is 3.78. The van der Waals surface area contributed by atoms with Gasteiger partial charge in [0.2, 0.25) is 0 Å². The lowest BCUT2D eigenvalue weighted by Crippen LogP contribution is -2.33. The maximum Gasteiger partial charge on any atom is 0.140 e. The van der Waals surface area contributed by atoms with Gasteiger partial charge in [0.05, 0.1) is 6.54 Å². The Morgan fingerprint density at radius 2 is 2.11 bits per heavy atom. The Kier molecular flexibility index (Phi) is 4.97. The van der Waals surface area contributed by atoms with Gasteiger partial charge < -0.3 is 5.32 Å². The van der Waals surface area contributed by atoms with Crippen molar-refractivity contribution in [3.8, 4) is 0 Å². The Balaban J connectivity index is 1.86. The van der Waals surface area contributed by atoms with Gasteiger partial charge >= 0.3 is 0 Å². The van der Waals surface area contributed by atoms with Crippen LogP contribution in [0.25, 0.3) is 0 Å². The van der Waals surface area contributed by atoms with Gasteiger partial charge in [-0.25, -0.2) is 9.67 Å². The van der Waals surface area contributed by atoms with Crippen molar-refractivity contribution in [1.82, 2.24) is 20.1 Å². The minimum Gasteiger partial charge on any atom is -0.309 e. The van der Waals surface area contributed by atoms with Crippen LogP contribution in [0.4, 0.5) is 0 Å². The highest BCUT2D eigenvalue weighted by molar-refractivity contribution is 4.89. The van der Waals surface area contributed by atoms with Crippen LogP contribution in [0.5, 0.6) is 0 Å². The van der Waals surface area contributed by atoms with Crippen molar-refractivity contribution in [2.75, 3.05) is 6.54 Å². The van der Waals surface area contributed by atoms with E-state index in [1.807, 2.05) is 4.68 Å². The first-order valence-corrected chi connectivity index (χ1v) is 7.72. The minimum atomic E-state index is 0.533. The van der Waals surface area contributed by atoms with Gasteiger partial charge in [0, 0.05) is 13.1 Å². The van der Waals surface area contributed by atoms with Gasteiger partial charge in [0.25, 0.3) is 0 Å². The fraction of sp³-hybridized carbons (Fsp3) is 0.867. The number of hydrogen-bond acceptors (Lipinski definition) is 3. The molecule has 1 saturated carbocycles. The molecule has 0 bridgehead atoms. The second-order valence-electron chi connectivity index (χ2n) is 6.40. The second kappa shape index (κ2) is 6.51. The lowest BCUT2D eigenvalue weighted by atomic mass is 9.78. The molecule has 1 N–H and O–H groups in total. The molecule has 4 heteroatoms. The largest absolute Gasteiger partial charge is 0.309 e. The van der Waals surface area contributed by atoms with E-state index in [1.54, 1.807) is 6.33 Å². The third-order valence-corrected chi connectivity index (χ3v) is 4.28. The van der Waals surface area contributed by atoms with Crippen LogP contribution >= 0.6 is 0 Å². The van der Waals surface area contributed by atoms with Crippen LogP contribution in [0.15, 0.2) is 6.33 Å². The molecule has 1 aromatic heterocycles. The highest BCUT2D eigenvalue weighted by Crippen LogP contribution is 2.42. The van der Waals surface area contributed by atoms with Crippen molar-refractivity contribution in [2.24, 2.45) is 11.3 Å². The standard InChI is InChI=1S/C15H28N4/c1-4-19-14(17-12-18-19)10-16-11-15(9-13(2)3)7-5-6-8-15/h12-13,16H,4-11H2,1-3H3. The Hall–Kier alpha value is -0.900. The quantitative estimate of drug-likeness (QED) is 0.823. The van der Waals surface area contributed by atoms with Gasteiger partial charge in [0.15, 0.2) is 0 Å². The molecule has 0 saturated heterocycles. The monoisotopic (exact) mass is 264 g/mol. The number of aromatic nitrogens is 3. The Bertz CT molecular complexity index is 377. The van der Waals surface area contributed by atoms with Crippen molar-refractivity contribution in [3.63, 3.8) is 0 Å². The summed E-state index contributed by atoms with van der Waals surface area (Å²) in [4.78, 5) is 4.32. The molecule has 1 fully saturated rings. The Morgan fingerprint density at radius 1 is 1.37 bits per heavy atom. The second-order valence-corrected chi connectivity index (χ2v) is 6.40. The van der Waals surface area contributed by atoms with Gasteiger partial charge in [0.1, 0.15) is 12.2 Å². The minimum absolute atomic E-state index is 0.533. The van der Waals surface area contributed by atoms with E-state index in [4.69, 9.17) is 0 Å². The van der Waals surface area contributed by atoms with E-state index >= 15 is 0 Å². The zero-order valence-electron chi connectivity index (χ0n) is 12.7. The van der Waals surface area contributed by atoms with Crippen LogP contribution in [-0.2, 0) is 13.1 Å². The molecule has 1 aliphatic rings. The number of aryl methyl sites for hydroxylation is 1. The van der Waals surface area contributed by atoms with E-state index in [2.05, 4.69) is 36.2 Å². The fourth-order valence-corrected chi connectivity index (χ4v) is 3.57. The zero-order valence-corrected chi connectivity index (χ0v) is 12.7. The van der Waals surface area contributed by atoms with Gasteiger partial charge in [-0.15, -0.1) is 0 Å². The van der Waals surface area contributed by atoms with Gasteiger partial charge in [-0.05, 0) is 37.5 Å². The van der Waals surface area contributed by atoms with Crippen molar-refractivity contribution in [3.05, 3.63) is 12.2 Å². The topological polar surface area (TPSA) is 42.7 Å². The molecular weight excluding hydrogens is 236 g/mol. The van der Waals surface area contributed by atoms with Crippen LogP contribution in [0.3, 0.4) is 0 Å². The summed E-state index contributed by atoms with van der Waals surface area (Å²) in [6.07, 6.45) is 8.58. The van der Waals surface area contributed by atoms with Crippen molar-refractivity contribution < 1.29 is 0 Å². The molecule has 19 heavy (non-hydrogen) atoms. The van der Waals surface area contributed by atoms with E-state index in [-0.39, 0.29) is 0 Å². The molecule has 0 amide bonds. The molecule has 4 nitrogen and oxygen atoms in total. The highest BCUT2D eigenvalue weighted by Gasteiger charge is 2.33. The predicted molar refractivity (Wildman–Crippen MR) is 77.8 cm³/mol. The van der Waals surface area contributed by atoms with Gasteiger partial charge in [-0.2, -0.15) is 5.10 Å². The van der Waals surface area contributed by atoms with Crippen LogP contribution in [0.2, 0.25) is 0 Å². The molecule has 1 aromatic rings. The molecule has 0 spiro atoms. The molecule has 0 unspecified atom stereocenters. The molecule has 0 aliphatic heterocycles. The summed E-state index contributed by atoms with van der Waals surface area (Å²) in [7, 11) is 0. The van der Waals surface area contributed by atoms with E-state index in [0.717, 1.165) is 31.4 Å². The first-order chi connectivity index (χ1) is 9.15. The Labute approximate surface area is 117 Å². The fourth-order valence-electron chi connectivity index (χ4n) is 3.57. The van der Waals surface area contributed by atoms with Crippen molar-refractivity contribution >= 4 is 0 Å². The molecule has 108 valence electrons. The first-order valence-electron chi connectivity index (χ1n) is 7.72. The molecule has 1 aliphatic carbocycles. The number of nitrogens with one attached hydrogen (secondary N) is 1. The molecular formula is C15H28N4. The Morgan fingerprint density at radius 3 is 2.74 bits per heavy atom. The smallest absolute Gasteiger partial charge is 0.140 e. The van der Waals surface area contributed by atoms with Gasteiger partial charge in [-0.1, -0.05) is 26.7 Å². The van der Waals surface area contributed by atoms with Crippen LogP contribution < -0.4 is 5.32 Å². The SMILES string of the molecule is CCn1ncnc1CNCC1(CC(C)C)CCCC1. The normalized spacial score (nSPS) is 18.3. The number of hydrogen-bond donors (Lipinski definition) is 1. The number of nitrogens with zero attached hydrogens (tertiary/aromatic N) is 3. The third-order valence-electron chi connectivity index (χ3n) is 4.28. The summed E-state index contributed by atoms with van der Waals surface area (Å²) in [5, 5.41) is 7.84. The van der Waals surface area contributed by atoms with E-state index in [9.17, 15) is 0 Å². The molecule has 2 rings (SSSR count). The van der Waals surface area contributed by atoms with E-state index < -0.39 is 0 Å². The van der Waals surface area contributed by atoms with Gasteiger partial charge in [-0.3, -0.25) is 0 Å². The lowest BCUT2D eigenvalue weighted by molar-refractivity contribution is 0.222. The van der Waals surface area contributed by atoms with Crippen LogP contribution in [0, 0.1) is 11.3 Å². The lowest BCUT2D eigenvalue weighted by Gasteiger charge is -2.31. The molecule has 0 aromatic carbocycles. The summed E-state index contributed by atoms with van der Waals surface area (Å²) < 4.78 is 1.97. The zero-order chi connectivity index (χ0) is 13.7. The predicted octanol–water partition coefficient (Wildman–Crippen LogP) is 2.99. The summed E-state index contributed by atoms with van der Waals surface area (Å²) in [5.74, 6) is 1.85.